The maximum absolute atomic E-state index is 13.1. The average molecular weight is 452 g/mol. The summed E-state index contributed by atoms with van der Waals surface area (Å²) in [7, 11) is 0. The van der Waals surface area contributed by atoms with Crippen molar-refractivity contribution < 1.29 is 27.6 Å². The van der Waals surface area contributed by atoms with E-state index in [9.17, 15) is 28.1 Å². The second-order valence-electron chi connectivity index (χ2n) is 6.17. The molecule has 3 rings (SSSR count). The molecule has 0 aliphatic carbocycles. The fraction of sp³-hybridized carbons (Fsp3) is 0.100. The molecule has 31 heavy (non-hydrogen) atoms. The normalized spacial score (nSPS) is 12.1. The van der Waals surface area contributed by atoms with Crippen molar-refractivity contribution in [3.05, 3.63) is 93.1 Å². The summed E-state index contributed by atoms with van der Waals surface area (Å²) in [5.74, 6) is -1.73. The van der Waals surface area contributed by atoms with Gasteiger partial charge < -0.3 is 20.2 Å². The van der Waals surface area contributed by atoms with Crippen LogP contribution < -0.4 is 10.1 Å². The summed E-state index contributed by atoms with van der Waals surface area (Å²) in [5.41, 5.74) is -0.970. The Bertz CT molecular complexity index is 1110. The standard InChI is InChI=1S/C20H13ClF3N3O4/c21-15-9-8-13(11-14(15)20(22,23)24)26-19(28)17(12-5-2-1-3-6-12)31-16-7-4-10-25-18(16)27(29)30/h1-11,17H,(H,26,28). The fourth-order valence-electron chi connectivity index (χ4n) is 2.67. The van der Waals surface area contributed by atoms with Crippen molar-refractivity contribution in [1.82, 2.24) is 4.98 Å². The van der Waals surface area contributed by atoms with Crippen LogP contribution in [0.1, 0.15) is 17.2 Å². The highest BCUT2D eigenvalue weighted by Gasteiger charge is 2.34. The van der Waals surface area contributed by atoms with Gasteiger partial charge in [-0.15, -0.1) is 0 Å². The van der Waals surface area contributed by atoms with Gasteiger partial charge in [0.25, 0.3) is 5.91 Å². The van der Waals surface area contributed by atoms with Gasteiger partial charge in [-0.2, -0.15) is 13.2 Å². The van der Waals surface area contributed by atoms with Gasteiger partial charge in [0.05, 0.1) is 10.6 Å². The molecule has 0 fully saturated rings. The number of amides is 1. The minimum absolute atomic E-state index is 0.174. The van der Waals surface area contributed by atoms with E-state index in [2.05, 4.69) is 10.3 Å². The Balaban J connectivity index is 1.94. The molecule has 7 nitrogen and oxygen atoms in total. The van der Waals surface area contributed by atoms with E-state index < -0.39 is 39.5 Å². The Kier molecular flexibility index (Phi) is 6.40. The van der Waals surface area contributed by atoms with Crippen molar-refractivity contribution in [3.8, 4) is 5.75 Å². The Morgan fingerprint density at radius 2 is 1.84 bits per heavy atom. The largest absolute Gasteiger partial charge is 0.467 e. The van der Waals surface area contributed by atoms with Crippen LogP contribution in [0.25, 0.3) is 0 Å². The second kappa shape index (κ2) is 9.00. The lowest BCUT2D eigenvalue weighted by Gasteiger charge is -2.19. The van der Waals surface area contributed by atoms with Gasteiger partial charge in [0.15, 0.2) is 0 Å². The van der Waals surface area contributed by atoms with Crippen LogP contribution >= 0.6 is 11.6 Å². The predicted octanol–water partition coefficient (Wildman–Crippen LogP) is 5.42. The molecule has 0 spiro atoms. The summed E-state index contributed by atoms with van der Waals surface area (Å²) < 4.78 is 44.9. The van der Waals surface area contributed by atoms with Crippen LogP contribution in [-0.2, 0) is 11.0 Å². The van der Waals surface area contributed by atoms with Gasteiger partial charge in [-0.1, -0.05) is 41.9 Å². The van der Waals surface area contributed by atoms with Crippen molar-refractivity contribution in [2.24, 2.45) is 0 Å². The number of carbonyl (C=O) groups excluding carboxylic acids is 1. The molecule has 0 bridgehead atoms. The first-order chi connectivity index (χ1) is 14.7. The Morgan fingerprint density at radius 3 is 2.48 bits per heavy atom. The van der Waals surface area contributed by atoms with E-state index in [1.165, 1.54) is 36.5 Å². The van der Waals surface area contributed by atoms with Gasteiger partial charge in [0.1, 0.15) is 6.20 Å². The van der Waals surface area contributed by atoms with E-state index in [0.29, 0.717) is 11.6 Å². The zero-order chi connectivity index (χ0) is 22.6. The average Bonchev–Trinajstić information content (AvgIpc) is 2.73. The molecule has 0 aliphatic rings. The number of halogens is 4. The second-order valence-corrected chi connectivity index (χ2v) is 6.58. The molecule has 1 unspecified atom stereocenters. The van der Waals surface area contributed by atoms with E-state index in [1.54, 1.807) is 18.2 Å². The molecular formula is C20H13ClF3N3O4. The van der Waals surface area contributed by atoms with E-state index in [1.807, 2.05) is 0 Å². The number of hydrogen-bond acceptors (Lipinski definition) is 5. The van der Waals surface area contributed by atoms with Crippen molar-refractivity contribution in [2.75, 3.05) is 5.32 Å². The summed E-state index contributed by atoms with van der Waals surface area (Å²) in [6.45, 7) is 0. The first kappa shape index (κ1) is 22.0. The smallest absolute Gasteiger partial charge is 0.417 e. The van der Waals surface area contributed by atoms with Crippen molar-refractivity contribution in [3.63, 3.8) is 0 Å². The minimum atomic E-state index is -4.72. The molecule has 1 atom stereocenters. The van der Waals surface area contributed by atoms with Crippen LogP contribution in [0.2, 0.25) is 5.02 Å². The highest BCUT2D eigenvalue weighted by Crippen LogP contribution is 2.36. The molecule has 0 radical (unpaired) electrons. The number of anilines is 1. The number of carbonyl (C=O) groups is 1. The van der Waals surface area contributed by atoms with Crippen LogP contribution in [0.5, 0.6) is 5.75 Å². The van der Waals surface area contributed by atoms with E-state index in [-0.39, 0.29) is 11.4 Å². The Morgan fingerprint density at radius 1 is 1.13 bits per heavy atom. The van der Waals surface area contributed by atoms with Crippen LogP contribution in [0.3, 0.4) is 0 Å². The molecular weight excluding hydrogens is 439 g/mol. The number of ether oxygens (including phenoxy) is 1. The highest BCUT2D eigenvalue weighted by atomic mass is 35.5. The SMILES string of the molecule is O=C(Nc1ccc(Cl)c(C(F)(F)F)c1)C(Oc1cccnc1[N+](=O)[O-])c1ccccc1. The molecule has 1 heterocycles. The van der Waals surface area contributed by atoms with E-state index >= 15 is 0 Å². The maximum Gasteiger partial charge on any atom is 0.417 e. The van der Waals surface area contributed by atoms with Gasteiger partial charge in [0, 0.05) is 11.3 Å². The Hall–Kier alpha value is -3.66. The lowest BCUT2D eigenvalue weighted by Crippen LogP contribution is -2.26. The molecule has 0 saturated heterocycles. The summed E-state index contributed by atoms with van der Waals surface area (Å²) in [5, 5.41) is 13.0. The molecule has 3 aromatic rings. The topological polar surface area (TPSA) is 94.4 Å². The number of nitro groups is 1. The maximum atomic E-state index is 13.1. The monoisotopic (exact) mass is 451 g/mol. The van der Waals surface area contributed by atoms with Gasteiger partial charge in [-0.25, -0.2) is 0 Å². The zero-order valence-electron chi connectivity index (χ0n) is 15.5. The summed E-state index contributed by atoms with van der Waals surface area (Å²) >= 11 is 5.60. The lowest BCUT2D eigenvalue weighted by atomic mass is 10.1. The summed E-state index contributed by atoms with van der Waals surface area (Å²) in [4.78, 5) is 27.0. The Labute approximate surface area is 178 Å². The lowest BCUT2D eigenvalue weighted by molar-refractivity contribution is -0.390. The molecule has 0 aliphatic heterocycles. The van der Waals surface area contributed by atoms with Gasteiger partial charge >= 0.3 is 12.0 Å². The third kappa shape index (κ3) is 5.28. The predicted molar refractivity (Wildman–Crippen MR) is 106 cm³/mol. The quantitative estimate of drug-likeness (QED) is 0.399. The van der Waals surface area contributed by atoms with Gasteiger partial charge in [-0.05, 0) is 40.2 Å². The molecule has 11 heteroatoms. The number of pyridine rings is 1. The number of hydrogen-bond donors (Lipinski definition) is 1. The summed E-state index contributed by atoms with van der Waals surface area (Å²) in [6, 6.07) is 13.5. The molecule has 1 amide bonds. The van der Waals surface area contributed by atoms with Crippen LogP contribution in [-0.4, -0.2) is 15.8 Å². The number of benzene rings is 2. The van der Waals surface area contributed by atoms with Crippen LogP contribution in [0, 0.1) is 10.1 Å². The van der Waals surface area contributed by atoms with Gasteiger partial charge in [-0.3, -0.25) is 4.79 Å². The third-order valence-corrected chi connectivity index (χ3v) is 4.38. The van der Waals surface area contributed by atoms with Crippen LogP contribution in [0.4, 0.5) is 24.7 Å². The first-order valence-electron chi connectivity index (χ1n) is 8.65. The van der Waals surface area contributed by atoms with Crippen molar-refractivity contribution >= 4 is 29.0 Å². The minimum Gasteiger partial charge on any atom is -0.467 e. The number of rotatable bonds is 6. The molecule has 1 N–H and O–H groups in total. The molecule has 160 valence electrons. The van der Waals surface area contributed by atoms with Crippen molar-refractivity contribution in [1.29, 1.82) is 0 Å². The van der Waals surface area contributed by atoms with E-state index in [0.717, 1.165) is 6.07 Å². The highest BCUT2D eigenvalue weighted by molar-refractivity contribution is 6.31. The zero-order valence-corrected chi connectivity index (χ0v) is 16.2. The number of alkyl halides is 3. The fourth-order valence-corrected chi connectivity index (χ4v) is 2.89. The number of aromatic nitrogens is 1. The van der Waals surface area contributed by atoms with E-state index in [4.69, 9.17) is 16.3 Å². The van der Waals surface area contributed by atoms with Crippen molar-refractivity contribution in [2.45, 2.75) is 12.3 Å². The van der Waals surface area contributed by atoms with Crippen LogP contribution in [0.15, 0.2) is 66.9 Å². The summed E-state index contributed by atoms with van der Waals surface area (Å²) in [6.07, 6.45) is -4.94. The third-order valence-electron chi connectivity index (χ3n) is 4.05. The van der Waals surface area contributed by atoms with Gasteiger partial charge in [0.2, 0.25) is 11.9 Å². The molecule has 0 saturated carbocycles. The number of nitrogens with one attached hydrogen (secondary N) is 1. The molecule has 2 aromatic carbocycles. The number of nitrogens with zero attached hydrogens (tertiary/aromatic N) is 2. The first-order valence-corrected chi connectivity index (χ1v) is 9.03. The molecule has 1 aromatic heterocycles.